The van der Waals surface area contributed by atoms with E-state index in [0.717, 1.165) is 0 Å². The predicted octanol–water partition coefficient (Wildman–Crippen LogP) is 4.64. The number of sulfone groups is 1. The summed E-state index contributed by atoms with van der Waals surface area (Å²) in [6.07, 6.45) is 2.79. The van der Waals surface area contributed by atoms with E-state index in [2.05, 4.69) is 0 Å². The first kappa shape index (κ1) is 18.7. The van der Waals surface area contributed by atoms with Crippen LogP contribution in [-0.4, -0.2) is 20.0 Å². The lowest BCUT2D eigenvalue weighted by Gasteiger charge is -2.18. The second kappa shape index (κ2) is 7.97. The van der Waals surface area contributed by atoms with Gasteiger partial charge in [0.25, 0.3) is 0 Å². The van der Waals surface area contributed by atoms with Gasteiger partial charge in [0.15, 0.2) is 15.6 Å². The summed E-state index contributed by atoms with van der Waals surface area (Å²) >= 11 is 11.8. The molecule has 0 aliphatic rings. The van der Waals surface area contributed by atoms with Gasteiger partial charge < -0.3 is 0 Å². The molecule has 0 heterocycles. The van der Waals surface area contributed by atoms with Crippen molar-refractivity contribution in [3.8, 4) is 0 Å². The van der Waals surface area contributed by atoms with Gasteiger partial charge in [0.2, 0.25) is 0 Å². The average Bonchev–Trinajstić information content (AvgIpc) is 2.51. The van der Waals surface area contributed by atoms with Crippen molar-refractivity contribution in [2.45, 2.75) is 12.2 Å². The quantitative estimate of drug-likeness (QED) is 0.683. The van der Waals surface area contributed by atoms with E-state index in [4.69, 9.17) is 23.2 Å². The van der Waals surface area contributed by atoms with Crippen molar-refractivity contribution in [3.05, 3.63) is 81.9 Å². The lowest BCUT2D eigenvalue weighted by molar-refractivity contribution is -0.112. The summed E-state index contributed by atoms with van der Waals surface area (Å²) < 4.78 is 25.7. The highest BCUT2D eigenvalue weighted by Gasteiger charge is 2.30. The van der Waals surface area contributed by atoms with Gasteiger partial charge in [-0.15, -0.1) is 0 Å². The Labute approximate surface area is 151 Å². The highest BCUT2D eigenvalue weighted by molar-refractivity contribution is 7.92. The van der Waals surface area contributed by atoms with Crippen LogP contribution in [0.5, 0.6) is 0 Å². The van der Waals surface area contributed by atoms with Gasteiger partial charge in [-0.25, -0.2) is 8.42 Å². The van der Waals surface area contributed by atoms with E-state index < -0.39 is 26.6 Å². The molecule has 0 aliphatic heterocycles. The Morgan fingerprint density at radius 3 is 1.75 bits per heavy atom. The monoisotopic (exact) mass is 382 g/mol. The Morgan fingerprint density at radius 1 is 0.958 bits per heavy atom. The molecule has 2 aromatic carbocycles. The third-order valence-corrected chi connectivity index (χ3v) is 5.85. The van der Waals surface area contributed by atoms with Gasteiger partial charge in [-0.3, -0.25) is 4.79 Å². The van der Waals surface area contributed by atoms with Crippen molar-refractivity contribution < 1.29 is 13.2 Å². The van der Waals surface area contributed by atoms with E-state index in [1.165, 1.54) is 12.2 Å². The molecular formula is C18H16Cl2O3S. The molecule has 0 bridgehead atoms. The molecule has 0 aromatic heterocycles. The van der Waals surface area contributed by atoms with E-state index >= 15 is 0 Å². The Balaban J connectivity index is 2.51. The first-order chi connectivity index (χ1) is 11.3. The minimum Gasteiger partial charge on any atom is -0.294 e. The lowest BCUT2D eigenvalue weighted by Crippen LogP contribution is -2.22. The van der Waals surface area contributed by atoms with E-state index in [-0.39, 0.29) is 0 Å². The maximum absolute atomic E-state index is 12.9. The number of carbonyl (C=O) groups excluding carboxylic acids is 1. The molecule has 0 radical (unpaired) electrons. The molecule has 2 aromatic rings. The van der Waals surface area contributed by atoms with E-state index in [0.29, 0.717) is 21.2 Å². The van der Waals surface area contributed by atoms with Crippen LogP contribution in [0.25, 0.3) is 0 Å². The summed E-state index contributed by atoms with van der Waals surface area (Å²) in [6.45, 7) is 1.67. The van der Waals surface area contributed by atoms with E-state index in [1.807, 2.05) is 0 Å². The van der Waals surface area contributed by atoms with Gasteiger partial charge in [-0.2, -0.15) is 0 Å². The number of rotatable bonds is 6. The highest BCUT2D eigenvalue weighted by atomic mass is 35.5. The van der Waals surface area contributed by atoms with Crippen LogP contribution in [0.2, 0.25) is 10.0 Å². The first-order valence-electron chi connectivity index (χ1n) is 7.21. The van der Waals surface area contributed by atoms with Crippen LogP contribution in [-0.2, 0) is 14.6 Å². The maximum Gasteiger partial charge on any atom is 0.170 e. The van der Waals surface area contributed by atoms with Crippen LogP contribution in [0, 0.1) is 0 Å². The van der Waals surface area contributed by atoms with Gasteiger partial charge in [0.05, 0.1) is 0 Å². The summed E-state index contributed by atoms with van der Waals surface area (Å²) in [7, 11) is -3.76. The Bertz CT molecular complexity index is 793. The van der Waals surface area contributed by atoms with Crippen molar-refractivity contribution >= 4 is 38.8 Å². The summed E-state index contributed by atoms with van der Waals surface area (Å²) in [4.78, 5) is 11.8. The lowest BCUT2D eigenvalue weighted by atomic mass is 10.0. The summed E-state index contributed by atoms with van der Waals surface area (Å²) in [5.74, 6) is -1.02. The van der Waals surface area contributed by atoms with Crippen LogP contribution < -0.4 is 0 Å². The van der Waals surface area contributed by atoms with Gasteiger partial charge in [-0.05, 0) is 48.4 Å². The number of allylic oxidation sites excluding steroid dienone is 2. The standard InChI is InChI=1S/C18H16Cl2O3S/c1-2-3-17(21)12-24(22,23)18(13-4-8-15(19)9-5-13)14-6-10-16(20)11-7-14/h2-11,18H,12H2,1H3/b3-2+. The Hall–Kier alpha value is -1.62. The van der Waals surface area contributed by atoms with Crippen molar-refractivity contribution in [1.82, 2.24) is 0 Å². The predicted molar refractivity (Wildman–Crippen MR) is 98.4 cm³/mol. The molecular weight excluding hydrogens is 367 g/mol. The molecule has 6 heteroatoms. The fourth-order valence-corrected chi connectivity index (χ4v) is 4.45. The zero-order valence-electron chi connectivity index (χ0n) is 12.9. The molecule has 0 saturated carbocycles. The third-order valence-electron chi connectivity index (χ3n) is 3.40. The number of hydrogen-bond acceptors (Lipinski definition) is 3. The smallest absolute Gasteiger partial charge is 0.170 e. The second-order valence-corrected chi connectivity index (χ2v) is 8.22. The van der Waals surface area contributed by atoms with Gasteiger partial charge in [0.1, 0.15) is 11.0 Å². The fourth-order valence-electron chi connectivity index (χ4n) is 2.40. The van der Waals surface area contributed by atoms with Crippen LogP contribution in [0.3, 0.4) is 0 Å². The zero-order valence-corrected chi connectivity index (χ0v) is 15.3. The van der Waals surface area contributed by atoms with E-state index in [9.17, 15) is 13.2 Å². The van der Waals surface area contributed by atoms with Gasteiger partial charge in [-0.1, -0.05) is 53.5 Å². The second-order valence-electron chi connectivity index (χ2n) is 5.26. The summed E-state index contributed by atoms with van der Waals surface area (Å²) in [6, 6.07) is 13.1. The van der Waals surface area contributed by atoms with Crippen molar-refractivity contribution in [1.29, 1.82) is 0 Å². The number of carbonyl (C=O) groups is 1. The number of benzene rings is 2. The first-order valence-corrected chi connectivity index (χ1v) is 9.68. The largest absolute Gasteiger partial charge is 0.294 e. The minimum atomic E-state index is -3.76. The molecule has 0 saturated heterocycles. The third kappa shape index (κ3) is 4.69. The zero-order chi connectivity index (χ0) is 17.7. The highest BCUT2D eigenvalue weighted by Crippen LogP contribution is 2.32. The Kier molecular flexibility index (Phi) is 6.21. The molecule has 3 nitrogen and oxygen atoms in total. The Morgan fingerprint density at radius 2 is 1.38 bits per heavy atom. The molecule has 0 amide bonds. The topological polar surface area (TPSA) is 51.2 Å². The van der Waals surface area contributed by atoms with Gasteiger partial charge in [0, 0.05) is 10.0 Å². The van der Waals surface area contributed by atoms with Crippen molar-refractivity contribution in [2.24, 2.45) is 0 Å². The molecule has 0 spiro atoms. The van der Waals surface area contributed by atoms with Crippen LogP contribution >= 0.6 is 23.2 Å². The van der Waals surface area contributed by atoms with Gasteiger partial charge >= 0.3 is 0 Å². The molecule has 0 N–H and O–H groups in total. The normalized spacial score (nSPS) is 12.0. The van der Waals surface area contributed by atoms with Crippen molar-refractivity contribution in [2.75, 3.05) is 5.75 Å². The molecule has 0 aliphatic carbocycles. The van der Waals surface area contributed by atoms with Crippen LogP contribution in [0.4, 0.5) is 0 Å². The van der Waals surface area contributed by atoms with Crippen molar-refractivity contribution in [3.63, 3.8) is 0 Å². The number of ketones is 1. The number of halogens is 2. The SMILES string of the molecule is C/C=C/C(=O)CS(=O)(=O)C(c1ccc(Cl)cc1)c1ccc(Cl)cc1. The minimum absolute atomic E-state index is 0.453. The maximum atomic E-state index is 12.9. The fraction of sp³-hybridized carbons (Fsp3) is 0.167. The van der Waals surface area contributed by atoms with Crippen LogP contribution in [0.1, 0.15) is 23.3 Å². The number of hydrogen-bond donors (Lipinski definition) is 0. The average molecular weight is 383 g/mol. The molecule has 0 atom stereocenters. The summed E-state index contributed by atoms with van der Waals surface area (Å²) in [5.41, 5.74) is 1.10. The molecule has 2 rings (SSSR count). The van der Waals surface area contributed by atoms with Crippen LogP contribution in [0.15, 0.2) is 60.7 Å². The molecule has 126 valence electrons. The molecule has 0 fully saturated rings. The molecule has 0 unspecified atom stereocenters. The summed E-state index contributed by atoms with van der Waals surface area (Å²) in [5, 5.41) is 0.0632. The molecule has 24 heavy (non-hydrogen) atoms. The van der Waals surface area contributed by atoms with E-state index in [1.54, 1.807) is 55.5 Å².